The number of carbonyl (C=O) groups is 2. The Kier molecular flexibility index (Phi) is 3.15. The Labute approximate surface area is 139 Å². The number of fused-ring (bicyclic) bond motifs is 2. The van der Waals surface area contributed by atoms with Crippen LogP contribution in [0.4, 0.5) is 0 Å². The molecule has 7 heteroatoms. The summed E-state index contributed by atoms with van der Waals surface area (Å²) in [5.41, 5.74) is -2.30. The third-order valence-electron chi connectivity index (χ3n) is 6.73. The summed E-state index contributed by atoms with van der Waals surface area (Å²) < 4.78 is 17.4. The molecule has 3 fully saturated rings. The lowest BCUT2D eigenvalue weighted by molar-refractivity contribution is -0.244. The second kappa shape index (κ2) is 4.66. The molecule has 0 aromatic heterocycles. The van der Waals surface area contributed by atoms with Gasteiger partial charge in [-0.15, -0.1) is 0 Å². The number of ketones is 1. The summed E-state index contributed by atoms with van der Waals surface area (Å²) in [6, 6.07) is 0. The minimum absolute atomic E-state index is 0.367. The molecule has 0 aromatic rings. The van der Waals surface area contributed by atoms with E-state index in [1.54, 1.807) is 13.0 Å². The summed E-state index contributed by atoms with van der Waals surface area (Å²) in [6.07, 6.45) is -0.991. The first-order chi connectivity index (χ1) is 11.2. The zero-order chi connectivity index (χ0) is 17.5. The average molecular weight is 355 g/mol. The number of carbonyl (C=O) groups excluding carboxylic acids is 2. The molecule has 24 heavy (non-hydrogen) atoms. The zero-order valence-electron chi connectivity index (χ0n) is 13.9. The van der Waals surface area contributed by atoms with Gasteiger partial charge in [-0.05, 0) is 25.0 Å². The van der Waals surface area contributed by atoms with Crippen LogP contribution in [0.5, 0.6) is 0 Å². The molecule has 132 valence electrons. The molecule has 0 amide bonds. The minimum Gasteiger partial charge on any atom is -0.460 e. The number of hydrogen-bond acceptors (Lipinski definition) is 7. The molecule has 4 aliphatic rings. The highest BCUT2D eigenvalue weighted by atomic mass is 16.9. The van der Waals surface area contributed by atoms with Gasteiger partial charge < -0.3 is 24.4 Å². The van der Waals surface area contributed by atoms with Crippen LogP contribution in [-0.4, -0.2) is 65.2 Å². The normalized spacial score (nSPS) is 52.0. The number of hydrogen-bond donors (Lipinski definition) is 2. The number of aliphatic hydroxyl groups excluding tert-OH is 2. The number of ether oxygens (including phenoxy) is 3. The van der Waals surface area contributed by atoms with Crippen molar-refractivity contribution in [2.45, 2.75) is 57.2 Å². The van der Waals surface area contributed by atoms with Gasteiger partial charge in [-0.1, -0.05) is 6.92 Å². The van der Waals surface area contributed by atoms with E-state index in [4.69, 9.17) is 14.2 Å². The summed E-state index contributed by atoms with van der Waals surface area (Å²) in [5, 5.41) is 21.1. The molecule has 2 aliphatic carbocycles. The molecule has 0 radical (unpaired) electrons. The first-order valence-electron chi connectivity index (χ1n) is 8.22. The molecular weight excluding hydrogens is 333 g/mol. The highest BCUT2D eigenvalue weighted by molar-refractivity contribution is 6.00. The largest absolute Gasteiger partial charge is 0.460 e. The van der Waals surface area contributed by atoms with Crippen LogP contribution >= 0.6 is 0 Å². The number of epoxide rings is 1. The van der Waals surface area contributed by atoms with Gasteiger partial charge in [0.05, 0.1) is 24.7 Å². The molecular formula is C17H22O7. The lowest BCUT2D eigenvalue weighted by Crippen LogP contribution is -2.70. The molecule has 1 saturated carbocycles. The van der Waals surface area contributed by atoms with Crippen molar-refractivity contribution in [1.82, 2.24) is 0 Å². The molecule has 2 saturated heterocycles. The molecule has 2 aliphatic heterocycles. The first-order valence-corrected chi connectivity index (χ1v) is 8.22. The number of Topliss-reactive ketones (excluding diaryl/α,β-unsaturated/α-hetero) is 1. The van der Waals surface area contributed by atoms with Gasteiger partial charge in [0.15, 0.2) is 5.78 Å². The maximum absolute atomic E-state index is 12.4. The topological polar surface area (TPSA) is 106 Å². The number of aliphatic hydroxyl groups is 2. The van der Waals surface area contributed by atoms with Crippen molar-refractivity contribution in [2.75, 3.05) is 13.2 Å². The quantitative estimate of drug-likeness (QED) is 0.399. The van der Waals surface area contributed by atoms with Gasteiger partial charge in [0, 0.05) is 12.3 Å². The van der Waals surface area contributed by atoms with Crippen LogP contribution in [0.2, 0.25) is 0 Å². The Morgan fingerprint density at radius 2 is 2.17 bits per heavy atom. The van der Waals surface area contributed by atoms with E-state index in [2.05, 4.69) is 0 Å². The summed E-state index contributed by atoms with van der Waals surface area (Å²) in [5.74, 6) is -0.824. The Bertz CT molecular complexity index is 651. The lowest BCUT2D eigenvalue weighted by Gasteiger charge is -2.58. The van der Waals surface area contributed by atoms with Crippen molar-refractivity contribution < 1.29 is 34.0 Å². The monoisotopic (exact) mass is 355 g/mol. The van der Waals surface area contributed by atoms with Crippen molar-refractivity contribution in [3.8, 4) is 0 Å². The lowest BCUT2D eigenvalue weighted by atomic mass is 10.5. The van der Waals surface area contributed by atoms with E-state index >= 15 is 0 Å². The average Bonchev–Trinajstić information content (AvgIpc) is 3.27. The highest BCUT2D eigenvalue weighted by Gasteiger charge is 2.83. The molecule has 7 atom stereocenters. The Morgan fingerprint density at radius 1 is 1.50 bits per heavy atom. The van der Waals surface area contributed by atoms with E-state index in [0.717, 1.165) is 0 Å². The first kappa shape index (κ1) is 16.2. The van der Waals surface area contributed by atoms with Crippen molar-refractivity contribution in [1.29, 1.82) is 0 Å². The van der Waals surface area contributed by atoms with Crippen LogP contribution in [0.15, 0.2) is 11.6 Å². The van der Waals surface area contributed by atoms with Gasteiger partial charge in [-0.3, -0.25) is 9.59 Å². The van der Waals surface area contributed by atoms with Crippen molar-refractivity contribution in [3.05, 3.63) is 11.6 Å². The van der Waals surface area contributed by atoms with Crippen LogP contribution < -0.4 is 0 Å². The molecule has 2 heterocycles. The third kappa shape index (κ3) is 1.57. The van der Waals surface area contributed by atoms with E-state index in [9.17, 15) is 19.8 Å². The summed E-state index contributed by atoms with van der Waals surface area (Å²) in [4.78, 5) is 23.9. The van der Waals surface area contributed by atoms with Gasteiger partial charge in [0.25, 0.3) is 0 Å². The fourth-order valence-electron chi connectivity index (χ4n) is 5.30. The van der Waals surface area contributed by atoms with E-state index in [1.807, 2.05) is 6.92 Å². The number of rotatable bonds is 2. The molecule has 1 spiro atoms. The Morgan fingerprint density at radius 3 is 2.71 bits per heavy atom. The minimum atomic E-state index is -1.39. The SMILES string of the molecule is [13CH3][13C](=O)O[13C@@H]1[13CH2][13C@]2([13CH3])[13C]3([13CH2]O3)[13C@@H]1O[13C@@H]1[13CH]=[13C]([13CH3])[13C](=O)[13C@@H](O)[13C@@]12[13CH2]O. The Hall–Kier alpha value is -1.28. The second-order valence-electron chi connectivity index (χ2n) is 7.65. The maximum Gasteiger partial charge on any atom is 0.302 e. The predicted octanol–water partition coefficient (Wildman–Crippen LogP) is -0.267. The van der Waals surface area contributed by atoms with Crippen molar-refractivity contribution >= 4 is 11.8 Å². The summed E-state index contributed by atoms with van der Waals surface area (Å²) in [7, 11) is 0. The van der Waals surface area contributed by atoms with Crippen LogP contribution in [-0.2, 0) is 23.8 Å². The molecule has 7 nitrogen and oxygen atoms in total. The van der Waals surface area contributed by atoms with E-state index in [0.29, 0.717) is 18.6 Å². The maximum atomic E-state index is 12.4. The smallest absolute Gasteiger partial charge is 0.302 e. The summed E-state index contributed by atoms with van der Waals surface area (Å²) in [6.45, 7) is 4.83. The molecule has 2 bridgehead atoms. The van der Waals surface area contributed by atoms with E-state index in [1.165, 1.54) is 6.92 Å². The van der Waals surface area contributed by atoms with Gasteiger partial charge in [0.2, 0.25) is 0 Å². The van der Waals surface area contributed by atoms with Gasteiger partial charge in [-0.2, -0.15) is 0 Å². The van der Waals surface area contributed by atoms with E-state index < -0.39 is 59.2 Å². The fraction of sp³-hybridized carbons (Fsp3) is 0.765. The zero-order valence-corrected chi connectivity index (χ0v) is 13.9. The van der Waals surface area contributed by atoms with Crippen LogP contribution in [0.3, 0.4) is 0 Å². The van der Waals surface area contributed by atoms with Crippen LogP contribution in [0, 0.1) is 10.8 Å². The third-order valence-corrected chi connectivity index (χ3v) is 6.73. The molecule has 0 aromatic carbocycles. The molecule has 4 rings (SSSR count). The van der Waals surface area contributed by atoms with Crippen LogP contribution in [0.25, 0.3) is 0 Å². The molecule has 1 unspecified atom stereocenters. The molecule has 2 N–H and O–H groups in total. The summed E-state index contributed by atoms with van der Waals surface area (Å²) >= 11 is 0. The fourth-order valence-corrected chi connectivity index (χ4v) is 5.30. The van der Waals surface area contributed by atoms with E-state index in [-0.39, 0.29) is 0 Å². The highest BCUT2D eigenvalue weighted by Crippen LogP contribution is 2.71. The second-order valence-corrected chi connectivity index (χ2v) is 7.65. The van der Waals surface area contributed by atoms with Gasteiger partial charge in [-0.25, -0.2) is 0 Å². The van der Waals surface area contributed by atoms with Crippen molar-refractivity contribution in [3.63, 3.8) is 0 Å². The Balaban J connectivity index is 1.87. The number of esters is 1. The predicted molar refractivity (Wildman–Crippen MR) is 79.9 cm³/mol. The van der Waals surface area contributed by atoms with Crippen LogP contribution in [0.1, 0.15) is 27.2 Å². The van der Waals surface area contributed by atoms with Gasteiger partial charge in [0.1, 0.15) is 23.9 Å². The van der Waals surface area contributed by atoms with Crippen molar-refractivity contribution in [2.24, 2.45) is 10.8 Å². The standard InChI is InChI=1S/C17H22O7/c1-8-4-11-16(6-18,13(21)12(8)20)15(3)5-10(23-9(2)19)14(24-11)17(15)7-22-17/h4,10-11,13-14,18,21H,5-7H2,1-3H3/t10-,11-,13-,14-,15+,16-,17?/m1/s1/i1+1,2+1,3+1,4+1,5+1,6+1,7+1,8+1,9+1,10+1,11+1,12+1,13+1,14+1,15+1,16+1,17+1. The van der Waals surface area contributed by atoms with Gasteiger partial charge >= 0.3 is 5.97 Å².